The lowest BCUT2D eigenvalue weighted by atomic mass is 10.2. The number of carbonyl (C=O) groups is 3. The first-order valence-corrected chi connectivity index (χ1v) is 10.0. The van der Waals surface area contributed by atoms with Crippen LogP contribution >= 0.6 is 11.3 Å². The summed E-state index contributed by atoms with van der Waals surface area (Å²) in [5.41, 5.74) is 5.78. The van der Waals surface area contributed by atoms with Gasteiger partial charge in [-0.15, -0.1) is 11.3 Å². The molecule has 2 aromatic rings. The van der Waals surface area contributed by atoms with Gasteiger partial charge < -0.3 is 9.64 Å². The van der Waals surface area contributed by atoms with Gasteiger partial charge in [0.05, 0.1) is 6.42 Å². The summed E-state index contributed by atoms with van der Waals surface area (Å²) < 4.78 is 5.40. The topological polar surface area (TPSA) is 87.7 Å². The molecule has 0 bridgehead atoms. The molecule has 28 heavy (non-hydrogen) atoms. The van der Waals surface area contributed by atoms with Crippen molar-refractivity contribution in [2.24, 2.45) is 0 Å². The second-order valence-corrected chi connectivity index (χ2v) is 7.68. The van der Waals surface area contributed by atoms with Crippen molar-refractivity contribution < 1.29 is 19.1 Å². The smallest absolute Gasteiger partial charge is 0.276 e. The third kappa shape index (κ3) is 5.32. The summed E-state index contributed by atoms with van der Waals surface area (Å²) in [5, 5.41) is 1.92. The lowest BCUT2D eigenvalue weighted by molar-refractivity contribution is -0.139. The molecule has 2 heterocycles. The summed E-state index contributed by atoms with van der Waals surface area (Å²) in [6, 6.07) is 10.6. The molecule has 1 saturated heterocycles. The van der Waals surface area contributed by atoms with Crippen LogP contribution in [0.5, 0.6) is 5.75 Å². The van der Waals surface area contributed by atoms with Gasteiger partial charge in [-0.05, 0) is 48.9 Å². The van der Waals surface area contributed by atoms with E-state index in [1.54, 1.807) is 11.0 Å². The monoisotopic (exact) mass is 401 g/mol. The molecule has 0 spiro atoms. The van der Waals surface area contributed by atoms with E-state index in [2.05, 4.69) is 10.9 Å². The second-order valence-electron chi connectivity index (χ2n) is 6.64. The average molecular weight is 401 g/mol. The van der Waals surface area contributed by atoms with Gasteiger partial charge in [0.1, 0.15) is 11.8 Å². The molecular formula is C20H23N3O4S. The van der Waals surface area contributed by atoms with Crippen LogP contribution in [0.1, 0.15) is 23.3 Å². The minimum Gasteiger partial charge on any atom is -0.484 e. The van der Waals surface area contributed by atoms with Crippen molar-refractivity contribution in [1.29, 1.82) is 0 Å². The van der Waals surface area contributed by atoms with E-state index in [1.165, 1.54) is 11.3 Å². The van der Waals surface area contributed by atoms with E-state index in [0.717, 1.165) is 16.9 Å². The zero-order chi connectivity index (χ0) is 19.9. The second kappa shape index (κ2) is 9.36. The molecule has 1 aliphatic rings. The zero-order valence-electron chi connectivity index (χ0n) is 15.6. The number of hydrogen-bond donors (Lipinski definition) is 2. The molecule has 3 amide bonds. The van der Waals surface area contributed by atoms with Gasteiger partial charge in [0.15, 0.2) is 6.61 Å². The van der Waals surface area contributed by atoms with E-state index in [1.807, 2.05) is 42.6 Å². The highest BCUT2D eigenvalue weighted by Gasteiger charge is 2.34. The van der Waals surface area contributed by atoms with Gasteiger partial charge in [0.25, 0.3) is 11.8 Å². The molecule has 2 N–H and O–H groups in total. The van der Waals surface area contributed by atoms with Crippen LogP contribution in [-0.2, 0) is 20.8 Å². The van der Waals surface area contributed by atoms with E-state index in [-0.39, 0.29) is 24.8 Å². The largest absolute Gasteiger partial charge is 0.484 e. The molecule has 1 aromatic carbocycles. The Morgan fingerprint density at radius 1 is 1.21 bits per heavy atom. The van der Waals surface area contributed by atoms with Crippen molar-refractivity contribution in [3.8, 4) is 5.75 Å². The summed E-state index contributed by atoms with van der Waals surface area (Å²) in [7, 11) is 0. The zero-order valence-corrected chi connectivity index (χ0v) is 16.5. The van der Waals surface area contributed by atoms with E-state index in [0.29, 0.717) is 18.7 Å². The number of hydrogen-bond acceptors (Lipinski definition) is 5. The number of ether oxygens (including phenoxy) is 1. The fraction of sp³-hybridized carbons (Fsp3) is 0.350. The van der Waals surface area contributed by atoms with Gasteiger partial charge in [-0.3, -0.25) is 25.2 Å². The Bertz CT molecular complexity index is 838. The van der Waals surface area contributed by atoms with Crippen LogP contribution in [0.3, 0.4) is 0 Å². The molecule has 3 rings (SSSR count). The number of amides is 3. The Hall–Kier alpha value is -2.87. The van der Waals surface area contributed by atoms with Crippen LogP contribution in [0.25, 0.3) is 0 Å². The number of nitrogens with one attached hydrogen (secondary N) is 2. The Morgan fingerprint density at radius 2 is 2.07 bits per heavy atom. The third-order valence-corrected chi connectivity index (χ3v) is 5.34. The molecular weight excluding hydrogens is 378 g/mol. The number of benzene rings is 1. The summed E-state index contributed by atoms with van der Waals surface area (Å²) in [5.74, 6) is -0.345. The highest BCUT2D eigenvalue weighted by atomic mass is 32.1. The van der Waals surface area contributed by atoms with Gasteiger partial charge in [0.2, 0.25) is 5.91 Å². The Labute approximate surface area is 167 Å². The van der Waals surface area contributed by atoms with Crippen molar-refractivity contribution in [1.82, 2.24) is 15.8 Å². The van der Waals surface area contributed by atoms with Crippen LogP contribution in [0.4, 0.5) is 0 Å². The van der Waals surface area contributed by atoms with Gasteiger partial charge in [-0.2, -0.15) is 0 Å². The predicted molar refractivity (Wildman–Crippen MR) is 106 cm³/mol. The molecule has 0 radical (unpaired) electrons. The summed E-state index contributed by atoms with van der Waals surface area (Å²) >= 11 is 1.52. The molecule has 1 unspecified atom stereocenters. The Morgan fingerprint density at radius 3 is 2.82 bits per heavy atom. The van der Waals surface area contributed by atoms with Crippen molar-refractivity contribution in [3.05, 3.63) is 52.2 Å². The molecule has 1 atom stereocenters. The minimum atomic E-state index is -0.564. The Kier molecular flexibility index (Phi) is 6.65. The van der Waals surface area contributed by atoms with Crippen LogP contribution in [0.2, 0.25) is 0 Å². The number of carbonyl (C=O) groups excluding carboxylic acids is 3. The molecule has 8 heteroatoms. The van der Waals surface area contributed by atoms with Crippen molar-refractivity contribution in [2.75, 3.05) is 13.2 Å². The van der Waals surface area contributed by atoms with Gasteiger partial charge in [-0.25, -0.2) is 0 Å². The molecule has 0 saturated carbocycles. The first-order valence-electron chi connectivity index (χ1n) is 9.13. The maximum Gasteiger partial charge on any atom is 0.276 e. The van der Waals surface area contributed by atoms with Crippen molar-refractivity contribution >= 4 is 29.1 Å². The normalized spacial score (nSPS) is 15.9. The van der Waals surface area contributed by atoms with E-state index in [9.17, 15) is 14.4 Å². The number of hydrazine groups is 1. The van der Waals surface area contributed by atoms with E-state index < -0.39 is 11.9 Å². The predicted octanol–water partition coefficient (Wildman–Crippen LogP) is 1.82. The highest BCUT2D eigenvalue weighted by Crippen LogP contribution is 2.20. The van der Waals surface area contributed by atoms with Crippen molar-refractivity contribution in [3.63, 3.8) is 0 Å². The fourth-order valence-corrected chi connectivity index (χ4v) is 3.80. The van der Waals surface area contributed by atoms with Gasteiger partial charge >= 0.3 is 0 Å². The highest BCUT2D eigenvalue weighted by molar-refractivity contribution is 7.10. The van der Waals surface area contributed by atoms with E-state index in [4.69, 9.17) is 4.74 Å². The fourth-order valence-electron chi connectivity index (χ4n) is 3.11. The average Bonchev–Trinajstić information content (AvgIpc) is 3.36. The maximum absolute atomic E-state index is 12.5. The van der Waals surface area contributed by atoms with Crippen molar-refractivity contribution in [2.45, 2.75) is 32.2 Å². The standard InChI is InChI=1S/C20H23N3O4S/c1-14-5-2-6-15(11-14)27-13-18(24)21-22-20(26)17-8-3-9-23(17)19(25)12-16-7-4-10-28-16/h2,4-7,10-11,17H,3,8-9,12-13H2,1H3,(H,21,24)(H,22,26). The van der Waals surface area contributed by atoms with Crippen LogP contribution in [0.15, 0.2) is 41.8 Å². The van der Waals surface area contributed by atoms with Crippen LogP contribution < -0.4 is 15.6 Å². The SMILES string of the molecule is Cc1cccc(OCC(=O)NNC(=O)C2CCCN2C(=O)Cc2cccs2)c1. The maximum atomic E-state index is 12.5. The molecule has 1 aliphatic heterocycles. The molecule has 148 valence electrons. The summed E-state index contributed by atoms with van der Waals surface area (Å²) in [4.78, 5) is 39.4. The van der Waals surface area contributed by atoms with Gasteiger partial charge in [0, 0.05) is 11.4 Å². The summed E-state index contributed by atoms with van der Waals surface area (Å²) in [6.45, 7) is 2.27. The number of thiophene rings is 1. The molecule has 0 aliphatic carbocycles. The molecule has 1 aromatic heterocycles. The van der Waals surface area contributed by atoms with Gasteiger partial charge in [-0.1, -0.05) is 18.2 Å². The molecule has 1 fully saturated rings. The first-order chi connectivity index (χ1) is 13.5. The molecule has 7 nitrogen and oxygen atoms in total. The number of nitrogens with zero attached hydrogens (tertiary/aromatic N) is 1. The lowest BCUT2D eigenvalue weighted by Crippen LogP contribution is -2.52. The van der Waals surface area contributed by atoms with Crippen LogP contribution in [0, 0.1) is 6.92 Å². The number of rotatable bonds is 6. The minimum absolute atomic E-state index is 0.0748. The lowest BCUT2D eigenvalue weighted by Gasteiger charge is -2.23. The first kappa shape index (κ1) is 19.9. The third-order valence-electron chi connectivity index (χ3n) is 4.47. The summed E-state index contributed by atoms with van der Waals surface area (Å²) in [6.07, 6.45) is 1.63. The quantitative estimate of drug-likeness (QED) is 0.723. The Balaban J connectivity index is 1.45. The van der Waals surface area contributed by atoms with Crippen LogP contribution in [-0.4, -0.2) is 41.8 Å². The number of likely N-dealkylation sites (tertiary alicyclic amines) is 1. The van der Waals surface area contributed by atoms with E-state index >= 15 is 0 Å². The number of aryl methyl sites for hydroxylation is 1.